The summed E-state index contributed by atoms with van der Waals surface area (Å²) in [6.07, 6.45) is 4.44. The first kappa shape index (κ1) is 29.0. The molecule has 218 valence electrons. The third kappa shape index (κ3) is 5.53. The molecule has 0 bridgehead atoms. The first-order chi connectivity index (χ1) is 22.1. The van der Waals surface area contributed by atoms with Crippen LogP contribution in [0.2, 0.25) is 0 Å². The molecule has 0 atom stereocenters. The van der Waals surface area contributed by atoms with E-state index in [-0.39, 0.29) is 0 Å². The molecule has 3 nitrogen and oxygen atoms in total. The van der Waals surface area contributed by atoms with E-state index in [9.17, 15) is 0 Å². The third-order valence-electron chi connectivity index (χ3n) is 8.33. The van der Waals surface area contributed by atoms with E-state index in [2.05, 4.69) is 153 Å². The van der Waals surface area contributed by atoms with E-state index in [1.165, 1.54) is 21.5 Å². The van der Waals surface area contributed by atoms with Crippen LogP contribution in [0.5, 0.6) is 0 Å². The molecule has 0 saturated carbocycles. The SMILES string of the molecule is BrP(Cc1ccc(-c2cc(-c3ccccn3)nc(-c3ccccn3)c2)cc1)(c1ccccc1)(c1ccccc1)c1ccccc1. The monoisotopic (exact) mass is 663 g/mol. The molecule has 0 amide bonds. The van der Waals surface area contributed by atoms with Crippen molar-refractivity contribution < 1.29 is 0 Å². The Morgan fingerprint density at radius 3 is 1.24 bits per heavy atom. The van der Waals surface area contributed by atoms with Gasteiger partial charge in [0, 0.05) is 0 Å². The fourth-order valence-corrected chi connectivity index (χ4v) is 13.8. The van der Waals surface area contributed by atoms with E-state index in [0.29, 0.717) is 0 Å². The number of halogens is 1. The van der Waals surface area contributed by atoms with Gasteiger partial charge in [0.25, 0.3) is 0 Å². The number of rotatable bonds is 8. The Morgan fingerprint density at radius 2 is 0.844 bits per heavy atom. The number of hydrogen-bond donors (Lipinski definition) is 0. The molecule has 0 N–H and O–H groups in total. The van der Waals surface area contributed by atoms with Crippen molar-refractivity contribution in [1.29, 1.82) is 0 Å². The van der Waals surface area contributed by atoms with E-state index < -0.39 is 5.31 Å². The van der Waals surface area contributed by atoms with E-state index in [0.717, 1.165) is 40.1 Å². The Kier molecular flexibility index (Phi) is 7.94. The molecule has 45 heavy (non-hydrogen) atoms. The van der Waals surface area contributed by atoms with Crippen LogP contribution in [0.4, 0.5) is 0 Å². The quantitative estimate of drug-likeness (QED) is 0.152. The molecule has 7 aromatic rings. The molecule has 5 heteroatoms. The summed E-state index contributed by atoms with van der Waals surface area (Å²) >= 11 is 4.60. The van der Waals surface area contributed by atoms with Gasteiger partial charge in [-0.2, -0.15) is 0 Å². The number of nitrogens with zero attached hydrogens (tertiary/aromatic N) is 3. The van der Waals surface area contributed by atoms with Gasteiger partial charge in [-0.15, -0.1) is 0 Å². The van der Waals surface area contributed by atoms with Crippen LogP contribution in [0.3, 0.4) is 0 Å². The summed E-state index contributed by atoms with van der Waals surface area (Å²) in [6.45, 7) is 0. The molecule has 0 aliphatic heterocycles. The molecule has 0 fully saturated rings. The van der Waals surface area contributed by atoms with Gasteiger partial charge >= 0.3 is 273 Å². The van der Waals surface area contributed by atoms with E-state index >= 15 is 0 Å². The second-order valence-corrected chi connectivity index (χ2v) is 20.0. The molecule has 0 saturated heterocycles. The predicted octanol–water partition coefficient (Wildman–Crippen LogP) is 9.21. The number of aromatic nitrogens is 3. The molecule has 3 heterocycles. The Labute approximate surface area is 272 Å². The first-order valence-electron chi connectivity index (χ1n) is 15.0. The standard InChI is InChI=1S/C40H31BrN3P/c41-45(34-14-4-1-5-15-34,35-16-6-2-7-17-35,36-18-8-3-9-19-36)30-31-22-24-32(25-23-31)33-28-39(37-20-10-12-26-42-37)44-40(29-33)38-21-11-13-27-43-38/h1-29H,30H2. The van der Waals surface area contributed by atoms with E-state index in [4.69, 9.17) is 4.98 Å². The van der Waals surface area contributed by atoms with Crippen molar-refractivity contribution in [3.8, 4) is 33.9 Å². The zero-order valence-corrected chi connectivity index (χ0v) is 27.1. The summed E-state index contributed by atoms with van der Waals surface area (Å²) in [5.74, 6) is 0. The van der Waals surface area contributed by atoms with Crippen molar-refractivity contribution in [1.82, 2.24) is 15.0 Å². The fraction of sp³-hybridized carbons (Fsp3) is 0.0250. The molecular weight excluding hydrogens is 633 g/mol. The van der Waals surface area contributed by atoms with Crippen LogP contribution in [-0.4, -0.2) is 15.0 Å². The summed E-state index contributed by atoms with van der Waals surface area (Å²) in [5, 5.41) is 0.810. The summed E-state index contributed by atoms with van der Waals surface area (Å²) in [7, 11) is 0. The van der Waals surface area contributed by atoms with Gasteiger partial charge < -0.3 is 0 Å². The van der Waals surface area contributed by atoms with Crippen molar-refractivity contribution in [2.45, 2.75) is 6.16 Å². The molecular formula is C40H31BrN3P. The normalized spacial score (nSPS) is 12.2. The van der Waals surface area contributed by atoms with Crippen molar-refractivity contribution in [3.63, 3.8) is 0 Å². The summed E-state index contributed by atoms with van der Waals surface area (Å²) < 4.78 is 0. The third-order valence-corrected chi connectivity index (χ3v) is 17.9. The average Bonchev–Trinajstić information content (AvgIpc) is 3.13. The van der Waals surface area contributed by atoms with Crippen LogP contribution in [0, 0.1) is 0 Å². The molecule has 0 radical (unpaired) electrons. The predicted molar refractivity (Wildman–Crippen MR) is 194 cm³/mol. The van der Waals surface area contributed by atoms with Gasteiger partial charge in [-0.1, -0.05) is 0 Å². The van der Waals surface area contributed by atoms with Gasteiger partial charge in [0.15, 0.2) is 0 Å². The maximum absolute atomic E-state index is 4.95. The fourth-order valence-electron chi connectivity index (χ4n) is 6.07. The first-order valence-corrected chi connectivity index (χ1v) is 19.4. The summed E-state index contributed by atoms with van der Waals surface area (Å²) in [5.41, 5.74) is 6.75. The van der Waals surface area contributed by atoms with Gasteiger partial charge in [-0.3, -0.25) is 0 Å². The zero-order chi connectivity index (χ0) is 30.6. The summed E-state index contributed by atoms with van der Waals surface area (Å²) in [4.78, 5) is 14.1. The van der Waals surface area contributed by atoms with Crippen LogP contribution in [0.1, 0.15) is 5.56 Å². The number of pyridine rings is 3. The molecule has 0 aliphatic carbocycles. The molecule has 0 unspecified atom stereocenters. The minimum absolute atomic E-state index is 0.820. The number of hydrogen-bond acceptors (Lipinski definition) is 3. The minimum atomic E-state index is -3.10. The molecule has 0 aliphatic rings. The van der Waals surface area contributed by atoms with Gasteiger partial charge in [-0.25, -0.2) is 0 Å². The Bertz CT molecular complexity index is 1860. The van der Waals surface area contributed by atoms with Crippen LogP contribution >= 0.6 is 20.8 Å². The maximum atomic E-state index is 4.95. The topological polar surface area (TPSA) is 38.7 Å². The molecule has 0 spiro atoms. The van der Waals surface area contributed by atoms with Gasteiger partial charge in [0.1, 0.15) is 0 Å². The van der Waals surface area contributed by atoms with E-state index in [1.807, 2.05) is 36.4 Å². The van der Waals surface area contributed by atoms with Gasteiger partial charge in [0.05, 0.1) is 0 Å². The zero-order valence-electron chi connectivity index (χ0n) is 24.6. The summed E-state index contributed by atoms with van der Waals surface area (Å²) in [6, 6.07) is 57.9. The van der Waals surface area contributed by atoms with Crippen LogP contribution in [-0.2, 0) is 6.16 Å². The molecule has 7 rings (SSSR count). The number of benzene rings is 4. The van der Waals surface area contributed by atoms with E-state index in [1.54, 1.807) is 12.4 Å². The van der Waals surface area contributed by atoms with Crippen LogP contribution < -0.4 is 15.9 Å². The van der Waals surface area contributed by atoms with Gasteiger partial charge in [-0.05, 0) is 0 Å². The van der Waals surface area contributed by atoms with Crippen molar-refractivity contribution >= 4 is 36.7 Å². The van der Waals surface area contributed by atoms with Crippen LogP contribution in [0.15, 0.2) is 176 Å². The average molecular weight is 665 g/mol. The Balaban J connectivity index is 1.35. The molecule has 4 aromatic carbocycles. The second-order valence-electron chi connectivity index (χ2n) is 11.1. The van der Waals surface area contributed by atoms with Crippen molar-refractivity contribution in [3.05, 3.63) is 182 Å². The van der Waals surface area contributed by atoms with Crippen molar-refractivity contribution in [2.75, 3.05) is 0 Å². The Hall–Kier alpha value is -4.76. The van der Waals surface area contributed by atoms with Crippen molar-refractivity contribution in [2.24, 2.45) is 0 Å². The van der Waals surface area contributed by atoms with Crippen LogP contribution in [0.25, 0.3) is 33.9 Å². The Morgan fingerprint density at radius 1 is 0.422 bits per heavy atom. The second kappa shape index (κ2) is 12.3. The van der Waals surface area contributed by atoms with Gasteiger partial charge in [0.2, 0.25) is 0 Å². The molecule has 3 aromatic heterocycles.